The van der Waals surface area contributed by atoms with Crippen LogP contribution >= 0.6 is 11.6 Å². The molecule has 1 aliphatic carbocycles. The first-order valence-electron chi connectivity index (χ1n) is 7.74. The quantitative estimate of drug-likeness (QED) is 0.856. The van der Waals surface area contributed by atoms with Gasteiger partial charge in [0.25, 0.3) is 0 Å². The summed E-state index contributed by atoms with van der Waals surface area (Å²) in [5.74, 6) is 2.16. The predicted octanol–water partition coefficient (Wildman–Crippen LogP) is 5.09. The van der Waals surface area contributed by atoms with Crippen molar-refractivity contribution in [2.45, 2.75) is 44.9 Å². The molecule has 3 rings (SSSR count). The molecule has 0 bridgehead atoms. The van der Waals surface area contributed by atoms with Gasteiger partial charge in [-0.05, 0) is 30.0 Å². The second-order valence-corrected chi connectivity index (χ2v) is 6.36. The lowest BCUT2D eigenvalue weighted by molar-refractivity contribution is 0.318. The fraction of sp³-hybridized carbons (Fsp3) is 0.471. The Morgan fingerprint density at radius 2 is 2.05 bits per heavy atom. The second kappa shape index (κ2) is 6.52. The maximum absolute atomic E-state index is 6.07. The van der Waals surface area contributed by atoms with Crippen LogP contribution in [0, 0.1) is 5.92 Å². The zero-order valence-electron chi connectivity index (χ0n) is 12.1. The number of rotatable bonds is 4. The van der Waals surface area contributed by atoms with Crippen LogP contribution in [0.25, 0.3) is 11.1 Å². The average Bonchev–Trinajstić information content (AvgIpc) is 2.87. The Kier molecular flexibility index (Phi) is 4.49. The highest BCUT2D eigenvalue weighted by Gasteiger charge is 2.19. The van der Waals surface area contributed by atoms with E-state index in [1.807, 2.05) is 24.3 Å². The predicted molar refractivity (Wildman–Crippen MR) is 86.3 cm³/mol. The van der Waals surface area contributed by atoms with Crippen molar-refractivity contribution in [3.63, 3.8) is 0 Å². The third-order valence-electron chi connectivity index (χ3n) is 4.41. The number of nitrogens with zero attached hydrogens (tertiary/aromatic N) is 1. The second-order valence-electron chi connectivity index (χ2n) is 5.92. The SMILES string of the molecule is Nc1noc(CCC2CCCCC2)c1-c1cccc(Cl)c1. The van der Waals surface area contributed by atoms with Gasteiger partial charge in [0.2, 0.25) is 0 Å². The summed E-state index contributed by atoms with van der Waals surface area (Å²) >= 11 is 6.07. The summed E-state index contributed by atoms with van der Waals surface area (Å²) in [6.07, 6.45) is 8.86. The zero-order valence-corrected chi connectivity index (χ0v) is 12.9. The van der Waals surface area contributed by atoms with Crippen LogP contribution in [0.2, 0.25) is 5.02 Å². The van der Waals surface area contributed by atoms with Crippen molar-refractivity contribution in [1.82, 2.24) is 5.16 Å². The van der Waals surface area contributed by atoms with Gasteiger partial charge in [-0.15, -0.1) is 0 Å². The number of nitrogens with two attached hydrogens (primary N) is 1. The van der Waals surface area contributed by atoms with E-state index in [-0.39, 0.29) is 0 Å². The summed E-state index contributed by atoms with van der Waals surface area (Å²) in [6.45, 7) is 0. The molecule has 4 heteroatoms. The smallest absolute Gasteiger partial charge is 0.175 e. The molecule has 21 heavy (non-hydrogen) atoms. The lowest BCUT2D eigenvalue weighted by Crippen LogP contribution is -2.07. The van der Waals surface area contributed by atoms with Crippen molar-refractivity contribution < 1.29 is 4.52 Å². The number of aromatic nitrogens is 1. The topological polar surface area (TPSA) is 52.0 Å². The van der Waals surface area contributed by atoms with Crippen molar-refractivity contribution in [2.75, 3.05) is 5.73 Å². The Morgan fingerprint density at radius 1 is 1.24 bits per heavy atom. The number of hydrogen-bond donors (Lipinski definition) is 1. The molecule has 1 saturated carbocycles. The first-order valence-corrected chi connectivity index (χ1v) is 8.12. The van der Waals surface area contributed by atoms with Crippen molar-refractivity contribution in [1.29, 1.82) is 0 Å². The maximum atomic E-state index is 6.07. The monoisotopic (exact) mass is 304 g/mol. The Balaban J connectivity index is 1.77. The molecule has 0 radical (unpaired) electrons. The van der Waals surface area contributed by atoms with E-state index < -0.39 is 0 Å². The van der Waals surface area contributed by atoms with Gasteiger partial charge in [0.15, 0.2) is 5.82 Å². The molecular weight excluding hydrogens is 284 g/mol. The number of nitrogen functional groups attached to an aromatic ring is 1. The highest BCUT2D eigenvalue weighted by Crippen LogP contribution is 2.34. The van der Waals surface area contributed by atoms with Gasteiger partial charge in [0.1, 0.15) is 5.76 Å². The van der Waals surface area contributed by atoms with Gasteiger partial charge < -0.3 is 10.3 Å². The van der Waals surface area contributed by atoms with E-state index in [2.05, 4.69) is 5.16 Å². The molecule has 1 aromatic heterocycles. The molecule has 112 valence electrons. The molecule has 1 aromatic carbocycles. The molecule has 0 saturated heterocycles. The van der Waals surface area contributed by atoms with Crippen molar-refractivity contribution in [3.05, 3.63) is 35.0 Å². The molecule has 3 nitrogen and oxygen atoms in total. The van der Waals surface area contributed by atoms with Gasteiger partial charge in [-0.3, -0.25) is 0 Å². The van der Waals surface area contributed by atoms with Gasteiger partial charge in [0, 0.05) is 11.4 Å². The molecule has 0 amide bonds. The normalized spacial score (nSPS) is 16.2. The standard InChI is InChI=1S/C17H21ClN2O/c18-14-8-4-7-13(11-14)16-15(21-20-17(16)19)10-9-12-5-2-1-3-6-12/h4,7-8,11-12H,1-3,5-6,9-10H2,(H2,19,20). The number of aryl methyl sites for hydroxylation is 1. The fourth-order valence-electron chi connectivity index (χ4n) is 3.27. The van der Waals surface area contributed by atoms with Gasteiger partial charge >= 0.3 is 0 Å². The highest BCUT2D eigenvalue weighted by molar-refractivity contribution is 6.30. The summed E-state index contributed by atoms with van der Waals surface area (Å²) in [5, 5.41) is 4.65. The molecule has 2 N–H and O–H groups in total. The molecule has 1 aliphatic rings. The summed E-state index contributed by atoms with van der Waals surface area (Å²) in [5.41, 5.74) is 7.88. The molecule has 0 unspecified atom stereocenters. The first kappa shape index (κ1) is 14.5. The van der Waals surface area contributed by atoms with Crippen LogP contribution in [-0.4, -0.2) is 5.16 Å². The minimum atomic E-state index is 0.455. The van der Waals surface area contributed by atoms with E-state index in [0.717, 1.165) is 35.6 Å². The Labute approximate surface area is 130 Å². The van der Waals surface area contributed by atoms with Crippen LogP contribution in [0.15, 0.2) is 28.8 Å². The summed E-state index contributed by atoms with van der Waals surface area (Å²) < 4.78 is 5.46. The zero-order chi connectivity index (χ0) is 14.7. The van der Waals surface area contributed by atoms with Crippen LogP contribution in [0.4, 0.5) is 5.82 Å². The van der Waals surface area contributed by atoms with Crippen LogP contribution in [-0.2, 0) is 6.42 Å². The summed E-state index contributed by atoms with van der Waals surface area (Å²) in [6, 6.07) is 7.69. The van der Waals surface area contributed by atoms with Crippen molar-refractivity contribution in [3.8, 4) is 11.1 Å². The van der Waals surface area contributed by atoms with Gasteiger partial charge in [-0.1, -0.05) is 61.0 Å². The number of halogens is 1. The van der Waals surface area contributed by atoms with E-state index in [1.54, 1.807) is 0 Å². The van der Waals surface area contributed by atoms with Crippen molar-refractivity contribution in [2.24, 2.45) is 5.92 Å². The molecule has 0 atom stereocenters. The minimum absolute atomic E-state index is 0.455. The van der Waals surface area contributed by atoms with E-state index in [0.29, 0.717) is 10.8 Å². The molecule has 2 aromatic rings. The lowest BCUT2D eigenvalue weighted by Gasteiger charge is -2.20. The molecule has 1 fully saturated rings. The lowest BCUT2D eigenvalue weighted by atomic mass is 9.85. The highest BCUT2D eigenvalue weighted by atomic mass is 35.5. The maximum Gasteiger partial charge on any atom is 0.175 e. The van der Waals surface area contributed by atoms with E-state index in [4.69, 9.17) is 21.9 Å². The van der Waals surface area contributed by atoms with Gasteiger partial charge in [-0.2, -0.15) is 0 Å². The van der Waals surface area contributed by atoms with Crippen LogP contribution in [0.1, 0.15) is 44.3 Å². The Morgan fingerprint density at radius 3 is 2.81 bits per heavy atom. The number of benzene rings is 1. The van der Waals surface area contributed by atoms with E-state index in [9.17, 15) is 0 Å². The molecule has 0 spiro atoms. The summed E-state index contributed by atoms with van der Waals surface area (Å²) in [4.78, 5) is 0. The third-order valence-corrected chi connectivity index (χ3v) is 4.64. The van der Waals surface area contributed by atoms with Crippen LogP contribution < -0.4 is 5.73 Å². The summed E-state index contributed by atoms with van der Waals surface area (Å²) in [7, 11) is 0. The van der Waals surface area contributed by atoms with E-state index in [1.165, 1.54) is 32.1 Å². The molecule has 1 heterocycles. The van der Waals surface area contributed by atoms with Gasteiger partial charge in [-0.25, -0.2) is 0 Å². The largest absolute Gasteiger partial charge is 0.380 e. The number of hydrogen-bond acceptors (Lipinski definition) is 3. The Bertz CT molecular complexity index is 603. The average molecular weight is 305 g/mol. The molecule has 0 aliphatic heterocycles. The Hall–Kier alpha value is -1.48. The van der Waals surface area contributed by atoms with Gasteiger partial charge in [0.05, 0.1) is 5.56 Å². The number of anilines is 1. The van der Waals surface area contributed by atoms with Crippen molar-refractivity contribution >= 4 is 17.4 Å². The minimum Gasteiger partial charge on any atom is -0.380 e. The van der Waals surface area contributed by atoms with Crippen LogP contribution in [0.5, 0.6) is 0 Å². The molecular formula is C17H21ClN2O. The first-order chi connectivity index (χ1) is 10.2. The third kappa shape index (κ3) is 3.41. The van der Waals surface area contributed by atoms with E-state index >= 15 is 0 Å². The van der Waals surface area contributed by atoms with Crippen LogP contribution in [0.3, 0.4) is 0 Å². The fourth-order valence-corrected chi connectivity index (χ4v) is 3.46.